The highest BCUT2D eigenvalue weighted by Crippen LogP contribution is 2.43. The fourth-order valence-electron chi connectivity index (χ4n) is 3.94. The Morgan fingerprint density at radius 2 is 1.79 bits per heavy atom. The van der Waals surface area contributed by atoms with Gasteiger partial charge in [-0.25, -0.2) is 13.1 Å². The molecule has 0 amide bonds. The summed E-state index contributed by atoms with van der Waals surface area (Å²) in [5, 5.41) is 0. The van der Waals surface area contributed by atoms with E-state index in [0.29, 0.717) is 17.7 Å². The summed E-state index contributed by atoms with van der Waals surface area (Å²) in [5.41, 5.74) is 2.04. The van der Waals surface area contributed by atoms with Gasteiger partial charge in [0.2, 0.25) is 10.0 Å². The molecule has 0 bridgehead atoms. The zero-order valence-corrected chi connectivity index (χ0v) is 18.0. The van der Waals surface area contributed by atoms with Gasteiger partial charge < -0.3 is 9.47 Å². The molecule has 0 radical (unpaired) electrons. The molecule has 1 aliphatic rings. The zero-order valence-electron chi connectivity index (χ0n) is 17.2. The van der Waals surface area contributed by atoms with E-state index in [1.54, 1.807) is 19.2 Å². The maximum Gasteiger partial charge on any atom is 0.241 e. The van der Waals surface area contributed by atoms with Crippen LogP contribution in [0.15, 0.2) is 41.3 Å². The topological polar surface area (TPSA) is 64.6 Å². The molecule has 1 aliphatic heterocycles. The number of ether oxygens (including phenoxy) is 2. The fourth-order valence-corrected chi connectivity index (χ4v) is 5.46. The van der Waals surface area contributed by atoms with Crippen molar-refractivity contribution in [2.75, 3.05) is 7.11 Å². The molecule has 0 aromatic heterocycles. The minimum atomic E-state index is -3.71. The first-order valence-electron chi connectivity index (χ1n) is 9.71. The number of para-hydroxylation sites is 1. The second-order valence-corrected chi connectivity index (χ2v) is 9.11. The SMILES string of the molecule is CCC1(CC)CC(NS(=O)(=O)c2ccc(OC)c(C)c2C)c2ccccc2O1. The first kappa shape index (κ1) is 20.7. The molecule has 152 valence electrons. The van der Waals surface area contributed by atoms with Crippen molar-refractivity contribution in [1.82, 2.24) is 4.72 Å². The molecule has 0 saturated carbocycles. The summed E-state index contributed by atoms with van der Waals surface area (Å²) in [7, 11) is -2.12. The highest BCUT2D eigenvalue weighted by molar-refractivity contribution is 7.89. The molecule has 1 atom stereocenters. The van der Waals surface area contributed by atoms with Gasteiger partial charge in [-0.3, -0.25) is 0 Å². The molecule has 2 aromatic carbocycles. The quantitative estimate of drug-likeness (QED) is 0.761. The van der Waals surface area contributed by atoms with E-state index in [4.69, 9.17) is 9.47 Å². The van der Waals surface area contributed by atoms with Crippen molar-refractivity contribution >= 4 is 10.0 Å². The summed E-state index contributed by atoms with van der Waals surface area (Å²) in [6, 6.07) is 10.7. The Morgan fingerprint density at radius 1 is 1.11 bits per heavy atom. The third-order valence-corrected chi connectivity index (χ3v) is 7.60. The minimum Gasteiger partial charge on any atom is -0.496 e. The van der Waals surface area contributed by atoms with Gasteiger partial charge in [0.05, 0.1) is 18.0 Å². The highest BCUT2D eigenvalue weighted by Gasteiger charge is 2.40. The number of hydrogen-bond donors (Lipinski definition) is 1. The van der Waals surface area contributed by atoms with Gasteiger partial charge >= 0.3 is 0 Å². The van der Waals surface area contributed by atoms with E-state index in [1.807, 2.05) is 38.1 Å². The van der Waals surface area contributed by atoms with Gasteiger partial charge in [-0.15, -0.1) is 0 Å². The molecule has 1 unspecified atom stereocenters. The van der Waals surface area contributed by atoms with Crippen molar-refractivity contribution in [3.8, 4) is 11.5 Å². The van der Waals surface area contributed by atoms with E-state index in [2.05, 4.69) is 18.6 Å². The van der Waals surface area contributed by atoms with Crippen molar-refractivity contribution in [1.29, 1.82) is 0 Å². The minimum absolute atomic E-state index is 0.286. The third kappa shape index (κ3) is 3.63. The molecule has 6 heteroatoms. The van der Waals surface area contributed by atoms with Gasteiger partial charge in [-0.1, -0.05) is 32.0 Å². The van der Waals surface area contributed by atoms with Gasteiger partial charge in [-0.2, -0.15) is 0 Å². The van der Waals surface area contributed by atoms with Crippen LogP contribution < -0.4 is 14.2 Å². The molecule has 5 nitrogen and oxygen atoms in total. The van der Waals surface area contributed by atoms with Crippen LogP contribution in [0.4, 0.5) is 0 Å². The second kappa shape index (κ2) is 7.76. The van der Waals surface area contributed by atoms with Gasteiger partial charge in [0.1, 0.15) is 17.1 Å². The Balaban J connectivity index is 2.01. The van der Waals surface area contributed by atoms with E-state index in [9.17, 15) is 8.42 Å². The third-order valence-electron chi connectivity index (χ3n) is 5.98. The average molecular weight is 404 g/mol. The number of hydrogen-bond acceptors (Lipinski definition) is 4. The molecule has 0 fully saturated rings. The molecule has 3 rings (SSSR count). The lowest BCUT2D eigenvalue weighted by Crippen LogP contribution is -2.44. The molecule has 2 aromatic rings. The van der Waals surface area contributed by atoms with Gasteiger partial charge in [0, 0.05) is 12.0 Å². The maximum absolute atomic E-state index is 13.3. The van der Waals surface area contributed by atoms with Crippen LogP contribution in [0.25, 0.3) is 0 Å². The van der Waals surface area contributed by atoms with E-state index in [0.717, 1.165) is 29.7 Å². The van der Waals surface area contributed by atoms with Crippen LogP contribution in [0.3, 0.4) is 0 Å². The Kier molecular flexibility index (Phi) is 5.73. The summed E-state index contributed by atoms with van der Waals surface area (Å²) in [6.45, 7) is 7.85. The average Bonchev–Trinajstić information content (AvgIpc) is 2.69. The van der Waals surface area contributed by atoms with Gasteiger partial charge in [0.15, 0.2) is 0 Å². The number of rotatable bonds is 6. The largest absolute Gasteiger partial charge is 0.496 e. The Bertz CT molecular complexity index is 964. The molecule has 28 heavy (non-hydrogen) atoms. The van der Waals surface area contributed by atoms with Crippen LogP contribution >= 0.6 is 0 Å². The van der Waals surface area contributed by atoms with Crippen molar-refractivity contribution in [2.45, 2.75) is 63.5 Å². The van der Waals surface area contributed by atoms with Crippen molar-refractivity contribution in [2.24, 2.45) is 0 Å². The zero-order chi connectivity index (χ0) is 20.5. The summed E-state index contributed by atoms with van der Waals surface area (Å²) in [6.07, 6.45) is 2.23. The summed E-state index contributed by atoms with van der Waals surface area (Å²) in [4.78, 5) is 0.286. The van der Waals surface area contributed by atoms with E-state index < -0.39 is 10.0 Å². The fraction of sp³-hybridized carbons (Fsp3) is 0.455. The molecule has 1 N–H and O–H groups in total. The Labute approximate surface area is 168 Å². The normalized spacial score (nSPS) is 18.2. The summed E-state index contributed by atoms with van der Waals surface area (Å²) >= 11 is 0. The molecule has 0 aliphatic carbocycles. The highest BCUT2D eigenvalue weighted by atomic mass is 32.2. The predicted molar refractivity (Wildman–Crippen MR) is 111 cm³/mol. The lowest BCUT2D eigenvalue weighted by molar-refractivity contribution is 0.0260. The first-order chi connectivity index (χ1) is 13.3. The Hall–Kier alpha value is -2.05. The van der Waals surface area contributed by atoms with Crippen LogP contribution in [0.5, 0.6) is 11.5 Å². The molecule has 0 saturated heterocycles. The molecular weight excluding hydrogens is 374 g/mol. The predicted octanol–water partition coefficient (Wildman–Crippen LogP) is 4.67. The molecular formula is C22H29NO4S. The van der Waals surface area contributed by atoms with E-state index in [1.165, 1.54) is 0 Å². The Morgan fingerprint density at radius 3 is 2.43 bits per heavy atom. The van der Waals surface area contributed by atoms with Crippen LogP contribution in [-0.2, 0) is 10.0 Å². The first-order valence-corrected chi connectivity index (χ1v) is 11.2. The second-order valence-electron chi connectivity index (χ2n) is 7.42. The lowest BCUT2D eigenvalue weighted by atomic mass is 9.84. The molecule has 0 spiro atoms. The number of sulfonamides is 1. The van der Waals surface area contributed by atoms with Crippen LogP contribution in [0.1, 0.15) is 55.8 Å². The smallest absolute Gasteiger partial charge is 0.241 e. The summed E-state index contributed by atoms with van der Waals surface area (Å²) < 4.78 is 41.1. The van der Waals surface area contributed by atoms with E-state index in [-0.39, 0.29) is 16.5 Å². The lowest BCUT2D eigenvalue weighted by Gasteiger charge is -2.41. The van der Waals surface area contributed by atoms with Crippen molar-refractivity contribution < 1.29 is 17.9 Å². The molecule has 1 heterocycles. The van der Waals surface area contributed by atoms with Gasteiger partial charge in [-0.05, 0) is 56.0 Å². The van der Waals surface area contributed by atoms with Crippen molar-refractivity contribution in [3.05, 3.63) is 53.1 Å². The van der Waals surface area contributed by atoms with Crippen LogP contribution in [-0.4, -0.2) is 21.1 Å². The van der Waals surface area contributed by atoms with Crippen LogP contribution in [0, 0.1) is 13.8 Å². The standard InChI is InChI=1S/C22H29NO4S/c1-6-22(7-2)14-18(17-10-8-9-11-20(17)27-22)23-28(24,25)21-13-12-19(26-5)15(3)16(21)4/h8-13,18,23H,6-7,14H2,1-5H3. The number of nitrogens with one attached hydrogen (secondary N) is 1. The number of fused-ring (bicyclic) bond motifs is 1. The van der Waals surface area contributed by atoms with E-state index >= 15 is 0 Å². The van der Waals surface area contributed by atoms with Crippen molar-refractivity contribution in [3.63, 3.8) is 0 Å². The number of benzene rings is 2. The summed E-state index contributed by atoms with van der Waals surface area (Å²) in [5.74, 6) is 1.44. The van der Waals surface area contributed by atoms with Crippen LogP contribution in [0.2, 0.25) is 0 Å². The van der Waals surface area contributed by atoms with Gasteiger partial charge in [0.25, 0.3) is 0 Å². The monoisotopic (exact) mass is 403 g/mol. The number of methoxy groups -OCH3 is 1. The maximum atomic E-state index is 13.3.